The Morgan fingerprint density at radius 1 is 1.35 bits per heavy atom. The maximum Gasteiger partial charge on any atom is 0.178 e. The lowest BCUT2D eigenvalue weighted by atomic mass is 10.0. The minimum absolute atomic E-state index is 0.0846. The average Bonchev–Trinajstić information content (AvgIpc) is 2.47. The minimum Gasteiger partial charge on any atom is -0.397 e. The summed E-state index contributed by atoms with van der Waals surface area (Å²) in [5.74, 6) is 0.670. The molecule has 0 saturated carbocycles. The van der Waals surface area contributed by atoms with Crippen LogP contribution >= 0.6 is 0 Å². The van der Waals surface area contributed by atoms with Crippen LogP contribution < -0.4 is 11.1 Å². The monoisotopic (exact) mass is 298 g/mol. The number of benzene rings is 1. The van der Waals surface area contributed by atoms with Crippen molar-refractivity contribution in [3.63, 3.8) is 0 Å². The van der Waals surface area contributed by atoms with Gasteiger partial charge in [-0.25, -0.2) is 8.42 Å². The number of rotatable bonds is 5. The van der Waals surface area contributed by atoms with E-state index in [1.165, 1.54) is 6.07 Å². The fourth-order valence-corrected chi connectivity index (χ4v) is 3.18. The molecule has 20 heavy (non-hydrogen) atoms. The van der Waals surface area contributed by atoms with Crippen molar-refractivity contribution in [2.24, 2.45) is 5.92 Å². The van der Waals surface area contributed by atoms with Crippen LogP contribution in [0.4, 0.5) is 11.4 Å². The van der Waals surface area contributed by atoms with Crippen LogP contribution in [0.1, 0.15) is 19.8 Å². The van der Waals surface area contributed by atoms with Crippen LogP contribution in [0.3, 0.4) is 0 Å². The zero-order valence-electron chi connectivity index (χ0n) is 11.8. The molecule has 6 heteroatoms. The predicted molar refractivity (Wildman–Crippen MR) is 80.6 cm³/mol. The van der Waals surface area contributed by atoms with Gasteiger partial charge in [-0.05, 0) is 37.0 Å². The summed E-state index contributed by atoms with van der Waals surface area (Å²) in [5.41, 5.74) is 7.21. The van der Waals surface area contributed by atoms with E-state index in [4.69, 9.17) is 10.5 Å². The molecule has 5 nitrogen and oxygen atoms in total. The van der Waals surface area contributed by atoms with Crippen molar-refractivity contribution < 1.29 is 13.2 Å². The highest BCUT2D eigenvalue weighted by molar-refractivity contribution is 7.91. The first-order valence-corrected chi connectivity index (χ1v) is 8.62. The molecule has 1 aromatic carbocycles. The third-order valence-electron chi connectivity index (χ3n) is 3.68. The first-order chi connectivity index (χ1) is 9.53. The summed E-state index contributed by atoms with van der Waals surface area (Å²) in [6, 6.07) is 4.89. The molecule has 1 saturated heterocycles. The molecule has 1 aliphatic rings. The van der Waals surface area contributed by atoms with Crippen LogP contribution in [0.5, 0.6) is 0 Å². The lowest BCUT2D eigenvalue weighted by Gasteiger charge is -2.23. The highest BCUT2D eigenvalue weighted by Gasteiger charge is 2.15. The van der Waals surface area contributed by atoms with E-state index in [2.05, 4.69) is 5.32 Å². The molecule has 3 N–H and O–H groups in total. The molecule has 1 heterocycles. The Balaban J connectivity index is 2.02. The van der Waals surface area contributed by atoms with Crippen molar-refractivity contribution in [1.29, 1.82) is 0 Å². The predicted octanol–water partition coefficient (Wildman–Crippen LogP) is 1.90. The molecule has 1 fully saturated rings. The SMILES string of the molecule is CCS(=O)(=O)c1ccc(NCC2CCOCC2)c(N)c1. The largest absolute Gasteiger partial charge is 0.397 e. The number of hydrogen-bond acceptors (Lipinski definition) is 5. The molecule has 0 unspecified atom stereocenters. The number of nitrogen functional groups attached to an aromatic ring is 1. The molecule has 0 bridgehead atoms. The lowest BCUT2D eigenvalue weighted by Crippen LogP contribution is -2.23. The standard InChI is InChI=1S/C14H22N2O3S/c1-2-20(17,18)12-3-4-14(13(15)9-12)16-10-11-5-7-19-8-6-11/h3-4,9,11,16H,2,5-8,10,15H2,1H3. The quantitative estimate of drug-likeness (QED) is 0.811. The van der Waals surface area contributed by atoms with Crippen molar-refractivity contribution in [3.8, 4) is 0 Å². The second kappa shape index (κ2) is 6.45. The fourth-order valence-electron chi connectivity index (χ4n) is 2.27. The fraction of sp³-hybridized carbons (Fsp3) is 0.571. The van der Waals surface area contributed by atoms with Crippen molar-refractivity contribution in [3.05, 3.63) is 18.2 Å². The molecule has 0 amide bonds. The van der Waals surface area contributed by atoms with Crippen molar-refractivity contribution in [2.75, 3.05) is 36.6 Å². The van der Waals surface area contributed by atoms with Crippen LogP contribution in [-0.2, 0) is 14.6 Å². The molecule has 112 valence electrons. The van der Waals surface area contributed by atoms with Crippen molar-refractivity contribution in [1.82, 2.24) is 0 Å². The third-order valence-corrected chi connectivity index (χ3v) is 5.42. The first-order valence-electron chi connectivity index (χ1n) is 6.97. The summed E-state index contributed by atoms with van der Waals surface area (Å²) < 4.78 is 28.9. The van der Waals surface area contributed by atoms with Gasteiger partial charge in [0.15, 0.2) is 9.84 Å². The summed E-state index contributed by atoms with van der Waals surface area (Å²) in [4.78, 5) is 0.286. The van der Waals surface area contributed by atoms with Crippen LogP contribution in [-0.4, -0.2) is 33.9 Å². The Hall–Kier alpha value is -1.27. The summed E-state index contributed by atoms with van der Waals surface area (Å²) in [7, 11) is -3.20. The molecule has 1 aromatic rings. The van der Waals surface area contributed by atoms with E-state index in [0.29, 0.717) is 11.6 Å². The van der Waals surface area contributed by atoms with E-state index in [9.17, 15) is 8.42 Å². The van der Waals surface area contributed by atoms with Gasteiger partial charge in [0, 0.05) is 19.8 Å². The van der Waals surface area contributed by atoms with Gasteiger partial charge in [-0.15, -0.1) is 0 Å². The van der Waals surface area contributed by atoms with Crippen molar-refractivity contribution >= 4 is 21.2 Å². The summed E-state index contributed by atoms with van der Waals surface area (Å²) in [6.07, 6.45) is 2.10. The van der Waals surface area contributed by atoms with E-state index >= 15 is 0 Å². The molecule has 1 aliphatic heterocycles. The highest BCUT2D eigenvalue weighted by atomic mass is 32.2. The number of nitrogens with one attached hydrogen (secondary N) is 1. The van der Waals surface area contributed by atoms with Gasteiger partial charge in [0.25, 0.3) is 0 Å². The van der Waals surface area contributed by atoms with E-state index in [-0.39, 0.29) is 10.6 Å². The van der Waals surface area contributed by atoms with Gasteiger partial charge >= 0.3 is 0 Å². The zero-order chi connectivity index (χ0) is 14.6. The minimum atomic E-state index is -3.20. The molecular weight excluding hydrogens is 276 g/mol. The average molecular weight is 298 g/mol. The van der Waals surface area contributed by atoms with E-state index in [0.717, 1.165) is 38.3 Å². The highest BCUT2D eigenvalue weighted by Crippen LogP contribution is 2.24. The van der Waals surface area contributed by atoms with Crippen molar-refractivity contribution in [2.45, 2.75) is 24.7 Å². The van der Waals surface area contributed by atoms with Gasteiger partial charge in [0.1, 0.15) is 0 Å². The van der Waals surface area contributed by atoms with Gasteiger partial charge < -0.3 is 15.8 Å². The van der Waals surface area contributed by atoms with Gasteiger partial charge in [0.2, 0.25) is 0 Å². The number of sulfone groups is 1. The maximum atomic E-state index is 11.8. The molecular formula is C14H22N2O3S. The molecule has 0 aromatic heterocycles. The van der Waals surface area contributed by atoms with Crippen LogP contribution in [0.25, 0.3) is 0 Å². The Morgan fingerprint density at radius 2 is 2.05 bits per heavy atom. The molecule has 0 spiro atoms. The van der Waals surface area contributed by atoms with E-state index in [1.807, 2.05) is 0 Å². The summed E-state index contributed by atoms with van der Waals surface area (Å²) >= 11 is 0. The van der Waals surface area contributed by atoms with Gasteiger partial charge in [-0.1, -0.05) is 6.92 Å². The van der Waals surface area contributed by atoms with Gasteiger partial charge in [0.05, 0.1) is 22.0 Å². The molecule has 0 radical (unpaired) electrons. The number of ether oxygens (including phenoxy) is 1. The maximum absolute atomic E-state index is 11.8. The summed E-state index contributed by atoms with van der Waals surface area (Å²) in [5, 5.41) is 3.30. The number of nitrogens with two attached hydrogens (primary N) is 1. The smallest absolute Gasteiger partial charge is 0.178 e. The second-order valence-corrected chi connectivity index (χ2v) is 7.37. The molecule has 0 aliphatic carbocycles. The Kier molecular flexibility index (Phi) is 4.88. The van der Waals surface area contributed by atoms with Crippen LogP contribution in [0.2, 0.25) is 0 Å². The van der Waals surface area contributed by atoms with Gasteiger partial charge in [-0.2, -0.15) is 0 Å². The number of hydrogen-bond donors (Lipinski definition) is 2. The third kappa shape index (κ3) is 3.64. The first kappa shape index (κ1) is 15.1. The molecule has 2 rings (SSSR count). The molecule has 0 atom stereocenters. The lowest BCUT2D eigenvalue weighted by molar-refractivity contribution is 0.0699. The zero-order valence-corrected chi connectivity index (χ0v) is 12.6. The van der Waals surface area contributed by atoms with Crippen LogP contribution in [0.15, 0.2) is 23.1 Å². The second-order valence-electron chi connectivity index (χ2n) is 5.09. The number of anilines is 2. The Labute approximate surface area is 120 Å². The van der Waals surface area contributed by atoms with Gasteiger partial charge in [-0.3, -0.25) is 0 Å². The van der Waals surface area contributed by atoms with Crippen LogP contribution in [0, 0.1) is 5.92 Å². The topological polar surface area (TPSA) is 81.4 Å². The Bertz CT molecular complexity index is 552. The van der Waals surface area contributed by atoms with E-state index in [1.54, 1.807) is 19.1 Å². The summed E-state index contributed by atoms with van der Waals surface area (Å²) in [6.45, 7) is 4.10. The Morgan fingerprint density at radius 3 is 2.65 bits per heavy atom. The normalized spacial score (nSPS) is 17.1. The van der Waals surface area contributed by atoms with E-state index < -0.39 is 9.84 Å².